The number of rotatable bonds is 7. The monoisotopic (exact) mass is 327 g/mol. The molecule has 2 aromatic heterocycles. The molecule has 0 amide bonds. The Kier molecular flexibility index (Phi) is 4.97. The highest BCUT2D eigenvalue weighted by molar-refractivity contribution is 7.89. The molecule has 2 rings (SSSR count). The van der Waals surface area contributed by atoms with Gasteiger partial charge in [-0.2, -0.15) is 14.8 Å². The van der Waals surface area contributed by atoms with Crippen molar-refractivity contribution in [3.63, 3.8) is 0 Å². The molecule has 0 aromatic carbocycles. The summed E-state index contributed by atoms with van der Waals surface area (Å²) < 4.78 is 34.0. The van der Waals surface area contributed by atoms with Gasteiger partial charge in [-0.05, 0) is 19.4 Å². The van der Waals surface area contributed by atoms with Crippen molar-refractivity contribution < 1.29 is 12.9 Å². The van der Waals surface area contributed by atoms with E-state index in [1.165, 1.54) is 16.9 Å². The lowest BCUT2D eigenvalue weighted by atomic mass is 10.2. The molecule has 2 aromatic rings. The molecule has 0 spiro atoms. The lowest BCUT2D eigenvalue weighted by Crippen LogP contribution is -2.29. The van der Waals surface area contributed by atoms with Gasteiger partial charge in [-0.25, -0.2) is 8.42 Å². The smallest absolute Gasteiger partial charge is 0.258 e. The van der Waals surface area contributed by atoms with E-state index in [0.717, 1.165) is 6.42 Å². The molecule has 1 atom stereocenters. The second kappa shape index (κ2) is 6.57. The van der Waals surface area contributed by atoms with E-state index < -0.39 is 16.1 Å². The molecule has 2 heterocycles. The van der Waals surface area contributed by atoms with Gasteiger partial charge in [-0.15, -0.1) is 0 Å². The Morgan fingerprint density at radius 2 is 2.09 bits per heavy atom. The maximum Gasteiger partial charge on any atom is 0.258 e. The number of nitrogens with one attached hydrogen (secondary N) is 1. The van der Waals surface area contributed by atoms with Gasteiger partial charge in [-0.3, -0.25) is 4.68 Å². The van der Waals surface area contributed by atoms with Crippen LogP contribution < -0.4 is 4.72 Å². The van der Waals surface area contributed by atoms with E-state index in [0.29, 0.717) is 12.4 Å². The molecule has 9 heteroatoms. The summed E-state index contributed by atoms with van der Waals surface area (Å²) in [6, 6.07) is 0.855. The molecule has 0 radical (unpaired) electrons. The zero-order chi connectivity index (χ0) is 16.3. The lowest BCUT2D eigenvalue weighted by Gasteiger charge is -2.11. The summed E-state index contributed by atoms with van der Waals surface area (Å²) in [6.45, 7) is 8.03. The van der Waals surface area contributed by atoms with Gasteiger partial charge in [0.1, 0.15) is 0 Å². The zero-order valence-electron chi connectivity index (χ0n) is 13.1. The maximum absolute atomic E-state index is 12.5. The molecule has 0 unspecified atom stereocenters. The quantitative estimate of drug-likeness (QED) is 0.832. The Balaban J connectivity index is 2.18. The van der Waals surface area contributed by atoms with E-state index in [4.69, 9.17) is 4.52 Å². The Labute approximate surface area is 130 Å². The van der Waals surface area contributed by atoms with Crippen molar-refractivity contribution in [1.29, 1.82) is 0 Å². The Bertz CT molecular complexity index is 720. The predicted octanol–water partition coefficient (Wildman–Crippen LogP) is 1.84. The van der Waals surface area contributed by atoms with Crippen molar-refractivity contribution in [2.24, 2.45) is 0 Å². The van der Waals surface area contributed by atoms with E-state index in [1.807, 2.05) is 20.8 Å². The van der Waals surface area contributed by atoms with Crippen LogP contribution in [0.25, 0.3) is 0 Å². The summed E-state index contributed by atoms with van der Waals surface area (Å²) in [5, 5.41) is 7.99. The highest BCUT2D eigenvalue weighted by Gasteiger charge is 2.25. The Morgan fingerprint density at radius 3 is 2.68 bits per heavy atom. The highest BCUT2D eigenvalue weighted by atomic mass is 32.2. The number of hydrogen-bond donors (Lipinski definition) is 1. The number of aromatic nitrogens is 4. The first-order valence-corrected chi connectivity index (χ1v) is 8.71. The van der Waals surface area contributed by atoms with Crippen LogP contribution in [0.1, 0.15) is 57.8 Å². The van der Waals surface area contributed by atoms with Crippen LogP contribution >= 0.6 is 0 Å². The molecule has 22 heavy (non-hydrogen) atoms. The van der Waals surface area contributed by atoms with Gasteiger partial charge in [0, 0.05) is 12.5 Å². The third-order valence-corrected chi connectivity index (χ3v) is 4.63. The van der Waals surface area contributed by atoms with Crippen molar-refractivity contribution in [3.8, 4) is 0 Å². The van der Waals surface area contributed by atoms with Crippen LogP contribution in [-0.2, 0) is 16.6 Å². The van der Waals surface area contributed by atoms with Gasteiger partial charge in [0.2, 0.25) is 5.89 Å². The molecule has 0 aliphatic carbocycles. The van der Waals surface area contributed by atoms with Gasteiger partial charge in [0.15, 0.2) is 10.9 Å². The number of sulfonamides is 1. The molecule has 0 saturated carbocycles. The number of hydrogen-bond acceptors (Lipinski definition) is 6. The molecule has 0 aliphatic heterocycles. The Hall–Kier alpha value is -1.74. The zero-order valence-corrected chi connectivity index (χ0v) is 14.0. The van der Waals surface area contributed by atoms with Crippen LogP contribution in [-0.4, -0.2) is 28.3 Å². The number of nitrogens with zero attached hydrogens (tertiary/aromatic N) is 4. The largest absolute Gasteiger partial charge is 0.338 e. The van der Waals surface area contributed by atoms with Crippen molar-refractivity contribution in [2.45, 2.75) is 57.6 Å². The average Bonchev–Trinajstić information content (AvgIpc) is 3.07. The average molecular weight is 327 g/mol. The first kappa shape index (κ1) is 16.6. The summed E-state index contributed by atoms with van der Waals surface area (Å²) in [5.41, 5.74) is 0. The van der Waals surface area contributed by atoms with Crippen LogP contribution in [0, 0.1) is 0 Å². The summed E-state index contributed by atoms with van der Waals surface area (Å²) >= 11 is 0. The molecular formula is C13H21N5O3S. The fourth-order valence-electron chi connectivity index (χ4n) is 1.93. The Morgan fingerprint density at radius 1 is 1.36 bits per heavy atom. The third kappa shape index (κ3) is 3.53. The molecule has 8 nitrogen and oxygen atoms in total. The minimum absolute atomic E-state index is 0.118. The summed E-state index contributed by atoms with van der Waals surface area (Å²) in [6.07, 6.45) is 2.26. The maximum atomic E-state index is 12.5. The first-order chi connectivity index (χ1) is 10.3. The van der Waals surface area contributed by atoms with E-state index in [-0.39, 0.29) is 16.8 Å². The molecule has 0 saturated heterocycles. The van der Waals surface area contributed by atoms with E-state index in [1.54, 1.807) is 6.92 Å². The predicted molar refractivity (Wildman–Crippen MR) is 79.6 cm³/mol. The van der Waals surface area contributed by atoms with Crippen LogP contribution in [0.2, 0.25) is 0 Å². The summed E-state index contributed by atoms with van der Waals surface area (Å²) in [4.78, 5) is 4.21. The van der Waals surface area contributed by atoms with Gasteiger partial charge >= 0.3 is 0 Å². The second-order valence-corrected chi connectivity index (χ2v) is 7.04. The molecular weight excluding hydrogens is 306 g/mol. The SMILES string of the molecule is CCCn1nccc1S(=O)(=O)N[C@@H](C)c1nc(C(C)C)no1. The highest BCUT2D eigenvalue weighted by Crippen LogP contribution is 2.18. The van der Waals surface area contributed by atoms with Gasteiger partial charge in [-0.1, -0.05) is 25.9 Å². The minimum Gasteiger partial charge on any atom is -0.338 e. The van der Waals surface area contributed by atoms with Crippen molar-refractivity contribution in [1.82, 2.24) is 24.6 Å². The van der Waals surface area contributed by atoms with E-state index >= 15 is 0 Å². The van der Waals surface area contributed by atoms with Crippen LogP contribution in [0.4, 0.5) is 0 Å². The molecule has 0 fully saturated rings. The van der Waals surface area contributed by atoms with Crippen LogP contribution in [0.3, 0.4) is 0 Å². The minimum atomic E-state index is -3.71. The second-order valence-electron chi connectivity index (χ2n) is 5.38. The molecule has 1 N–H and O–H groups in total. The first-order valence-electron chi connectivity index (χ1n) is 7.22. The normalized spacial score (nSPS) is 13.7. The molecule has 122 valence electrons. The van der Waals surface area contributed by atoms with E-state index in [2.05, 4.69) is 20.0 Å². The molecule has 0 bridgehead atoms. The summed E-state index contributed by atoms with van der Waals surface area (Å²) in [5.74, 6) is 0.915. The van der Waals surface area contributed by atoms with Crippen LogP contribution in [0.5, 0.6) is 0 Å². The van der Waals surface area contributed by atoms with E-state index in [9.17, 15) is 8.42 Å². The van der Waals surface area contributed by atoms with Gasteiger partial charge < -0.3 is 4.52 Å². The topological polar surface area (TPSA) is 103 Å². The van der Waals surface area contributed by atoms with Crippen molar-refractivity contribution in [2.75, 3.05) is 0 Å². The lowest BCUT2D eigenvalue weighted by molar-refractivity contribution is 0.348. The molecule has 0 aliphatic rings. The van der Waals surface area contributed by atoms with Crippen LogP contribution in [0.15, 0.2) is 21.8 Å². The van der Waals surface area contributed by atoms with Crippen molar-refractivity contribution in [3.05, 3.63) is 24.0 Å². The fourth-order valence-corrected chi connectivity index (χ4v) is 3.27. The van der Waals surface area contributed by atoms with Gasteiger partial charge in [0.05, 0.1) is 12.2 Å². The third-order valence-electron chi connectivity index (χ3n) is 3.06. The van der Waals surface area contributed by atoms with Gasteiger partial charge in [0.25, 0.3) is 10.0 Å². The fraction of sp³-hybridized carbons (Fsp3) is 0.615. The standard InChI is InChI=1S/C13H21N5O3S/c1-5-8-18-11(6-7-14-18)22(19,20)17-10(4)13-15-12(9(2)3)16-21-13/h6-7,9-10,17H,5,8H2,1-4H3/t10-/m0/s1. The van der Waals surface area contributed by atoms with Crippen molar-refractivity contribution >= 4 is 10.0 Å². The summed E-state index contributed by atoms with van der Waals surface area (Å²) in [7, 11) is -3.71. The number of aryl methyl sites for hydroxylation is 1.